The van der Waals surface area contributed by atoms with Crippen molar-refractivity contribution in [3.05, 3.63) is 48.0 Å². The van der Waals surface area contributed by atoms with Gasteiger partial charge in [-0.05, 0) is 42.3 Å². The van der Waals surface area contributed by atoms with E-state index in [4.69, 9.17) is 9.47 Å². The van der Waals surface area contributed by atoms with Crippen molar-refractivity contribution in [1.82, 2.24) is 0 Å². The van der Waals surface area contributed by atoms with Crippen LogP contribution in [0.25, 0.3) is 0 Å². The first kappa shape index (κ1) is 21.3. The Kier molecular flexibility index (Phi) is 7.04. The highest BCUT2D eigenvalue weighted by Gasteiger charge is 2.21. The van der Waals surface area contributed by atoms with E-state index in [0.29, 0.717) is 35.7 Å². The van der Waals surface area contributed by atoms with Crippen LogP contribution in [0.15, 0.2) is 42.5 Å². The summed E-state index contributed by atoms with van der Waals surface area (Å²) < 4.78 is 10.5. The molecule has 0 unspecified atom stereocenters. The van der Waals surface area contributed by atoms with Gasteiger partial charge in [-0.3, -0.25) is 9.59 Å². The fourth-order valence-electron chi connectivity index (χ4n) is 2.51. The first-order chi connectivity index (χ1) is 13.2. The van der Waals surface area contributed by atoms with Gasteiger partial charge in [0.1, 0.15) is 0 Å². The van der Waals surface area contributed by atoms with Gasteiger partial charge in [-0.1, -0.05) is 32.9 Å². The van der Waals surface area contributed by atoms with E-state index in [1.165, 1.54) is 0 Å². The summed E-state index contributed by atoms with van der Waals surface area (Å²) in [5.41, 5.74) is 1.79. The van der Waals surface area contributed by atoms with Crippen molar-refractivity contribution in [3.8, 4) is 11.5 Å². The van der Waals surface area contributed by atoms with Gasteiger partial charge in [0.25, 0.3) is 0 Å². The Balaban J connectivity index is 1.95. The lowest BCUT2D eigenvalue weighted by Crippen LogP contribution is -2.27. The summed E-state index contributed by atoms with van der Waals surface area (Å²) in [5, 5.41) is 5.73. The van der Waals surface area contributed by atoms with Crippen molar-refractivity contribution in [1.29, 1.82) is 0 Å². The number of carbonyl (C=O) groups is 2. The van der Waals surface area contributed by atoms with Gasteiger partial charge in [0, 0.05) is 23.2 Å². The largest absolute Gasteiger partial charge is 0.493 e. The molecule has 0 aliphatic rings. The fraction of sp³-hybridized carbons (Fsp3) is 0.364. The highest BCUT2D eigenvalue weighted by atomic mass is 16.5. The number of hydrogen-bond donors (Lipinski definition) is 2. The van der Waals surface area contributed by atoms with E-state index in [1.807, 2.05) is 39.0 Å². The van der Waals surface area contributed by atoms with Crippen LogP contribution in [-0.4, -0.2) is 26.0 Å². The zero-order valence-electron chi connectivity index (χ0n) is 17.1. The topological polar surface area (TPSA) is 76.7 Å². The predicted molar refractivity (Wildman–Crippen MR) is 111 cm³/mol. The third-order valence-corrected chi connectivity index (χ3v) is 4.17. The molecule has 6 heteroatoms. The summed E-state index contributed by atoms with van der Waals surface area (Å²) in [5.74, 6) is 1.12. The number of benzene rings is 2. The number of carbonyl (C=O) groups excluding carboxylic acids is 2. The minimum absolute atomic E-state index is 0.0792. The molecule has 0 saturated carbocycles. The van der Waals surface area contributed by atoms with Crippen LogP contribution in [0.3, 0.4) is 0 Å². The number of methoxy groups -OCH3 is 2. The van der Waals surface area contributed by atoms with Gasteiger partial charge in [-0.25, -0.2) is 0 Å². The van der Waals surface area contributed by atoms with Crippen LogP contribution in [0.1, 0.15) is 32.8 Å². The molecule has 0 aromatic heterocycles. The molecule has 28 heavy (non-hydrogen) atoms. The number of amides is 2. The number of rotatable bonds is 7. The SMILES string of the molecule is COc1ccc(CCC(=O)Nc2cccc(NC(=O)C(C)(C)C)c2)cc1OC. The predicted octanol–water partition coefficient (Wildman–Crippen LogP) is 4.26. The molecular formula is C22H28N2O4. The van der Waals surface area contributed by atoms with Crippen molar-refractivity contribution in [2.75, 3.05) is 24.9 Å². The van der Waals surface area contributed by atoms with Crippen LogP contribution in [0.5, 0.6) is 11.5 Å². The van der Waals surface area contributed by atoms with Crippen LogP contribution in [0.4, 0.5) is 11.4 Å². The molecular weight excluding hydrogens is 356 g/mol. The molecule has 2 aromatic carbocycles. The van der Waals surface area contributed by atoms with E-state index in [1.54, 1.807) is 38.5 Å². The van der Waals surface area contributed by atoms with Gasteiger partial charge in [0.2, 0.25) is 11.8 Å². The molecule has 0 aliphatic heterocycles. The molecule has 2 N–H and O–H groups in total. The maximum atomic E-state index is 12.3. The molecule has 0 fully saturated rings. The molecule has 6 nitrogen and oxygen atoms in total. The number of aryl methyl sites for hydroxylation is 1. The number of ether oxygens (including phenoxy) is 2. The first-order valence-corrected chi connectivity index (χ1v) is 9.15. The van der Waals surface area contributed by atoms with Gasteiger partial charge in [0.15, 0.2) is 11.5 Å². The van der Waals surface area contributed by atoms with Crippen LogP contribution >= 0.6 is 0 Å². The minimum atomic E-state index is -0.487. The van der Waals surface area contributed by atoms with Crippen LogP contribution < -0.4 is 20.1 Å². The third-order valence-electron chi connectivity index (χ3n) is 4.17. The second-order valence-corrected chi connectivity index (χ2v) is 7.52. The average molecular weight is 384 g/mol. The highest BCUT2D eigenvalue weighted by Crippen LogP contribution is 2.28. The highest BCUT2D eigenvalue weighted by molar-refractivity contribution is 5.96. The molecule has 0 spiro atoms. The third kappa shape index (κ3) is 6.01. The van der Waals surface area contributed by atoms with Crippen molar-refractivity contribution in [2.24, 2.45) is 5.41 Å². The Bertz CT molecular complexity index is 841. The molecule has 0 atom stereocenters. The van der Waals surface area contributed by atoms with Crippen LogP contribution in [0, 0.1) is 5.41 Å². The summed E-state index contributed by atoms with van der Waals surface area (Å²) >= 11 is 0. The Morgan fingerprint density at radius 1 is 0.893 bits per heavy atom. The van der Waals surface area contributed by atoms with E-state index in [2.05, 4.69) is 10.6 Å². The van der Waals surface area contributed by atoms with E-state index in [9.17, 15) is 9.59 Å². The van der Waals surface area contributed by atoms with Crippen molar-refractivity contribution in [3.63, 3.8) is 0 Å². The maximum absolute atomic E-state index is 12.3. The molecule has 0 radical (unpaired) electrons. The van der Waals surface area contributed by atoms with E-state index < -0.39 is 5.41 Å². The van der Waals surface area contributed by atoms with Gasteiger partial charge in [-0.15, -0.1) is 0 Å². The molecule has 2 rings (SSSR count). The molecule has 150 valence electrons. The monoisotopic (exact) mass is 384 g/mol. The molecule has 0 heterocycles. The summed E-state index contributed by atoms with van der Waals surface area (Å²) in [6.45, 7) is 5.55. The zero-order chi connectivity index (χ0) is 20.7. The molecule has 0 saturated heterocycles. The van der Waals surface area contributed by atoms with Gasteiger partial charge in [-0.2, -0.15) is 0 Å². The molecule has 0 bridgehead atoms. The van der Waals surface area contributed by atoms with Crippen LogP contribution in [-0.2, 0) is 16.0 Å². The molecule has 0 aliphatic carbocycles. The second kappa shape index (κ2) is 9.26. The molecule has 2 aromatic rings. The molecule has 2 amide bonds. The minimum Gasteiger partial charge on any atom is -0.493 e. The van der Waals surface area contributed by atoms with E-state index >= 15 is 0 Å². The number of nitrogens with one attached hydrogen (secondary N) is 2. The summed E-state index contributed by atoms with van der Waals surface area (Å²) in [6, 6.07) is 12.7. The second-order valence-electron chi connectivity index (χ2n) is 7.52. The summed E-state index contributed by atoms with van der Waals surface area (Å²) in [7, 11) is 3.17. The van der Waals surface area contributed by atoms with Gasteiger partial charge in [0.05, 0.1) is 14.2 Å². The van der Waals surface area contributed by atoms with Crippen molar-refractivity contribution < 1.29 is 19.1 Å². The van der Waals surface area contributed by atoms with Gasteiger partial charge < -0.3 is 20.1 Å². The Hall–Kier alpha value is -3.02. The summed E-state index contributed by atoms with van der Waals surface area (Å²) in [4.78, 5) is 24.4. The smallest absolute Gasteiger partial charge is 0.229 e. The quantitative estimate of drug-likeness (QED) is 0.748. The fourth-order valence-corrected chi connectivity index (χ4v) is 2.51. The standard InChI is InChI=1S/C22H28N2O4/c1-22(2,3)21(26)24-17-8-6-7-16(14-17)23-20(25)12-10-15-9-11-18(27-4)19(13-15)28-5/h6-9,11,13-14H,10,12H2,1-5H3,(H,23,25)(H,24,26). The van der Waals surface area contributed by atoms with E-state index in [-0.39, 0.29) is 11.8 Å². The average Bonchev–Trinajstić information content (AvgIpc) is 2.65. The van der Waals surface area contributed by atoms with E-state index in [0.717, 1.165) is 5.56 Å². The Morgan fingerprint density at radius 2 is 1.54 bits per heavy atom. The Morgan fingerprint density at radius 3 is 2.14 bits per heavy atom. The number of anilines is 2. The Labute approximate surface area is 166 Å². The van der Waals surface area contributed by atoms with Gasteiger partial charge >= 0.3 is 0 Å². The zero-order valence-corrected chi connectivity index (χ0v) is 17.1. The van der Waals surface area contributed by atoms with Crippen molar-refractivity contribution in [2.45, 2.75) is 33.6 Å². The summed E-state index contributed by atoms with van der Waals surface area (Å²) in [6.07, 6.45) is 0.903. The van der Waals surface area contributed by atoms with Crippen molar-refractivity contribution >= 4 is 23.2 Å². The normalized spacial score (nSPS) is 10.9. The lowest BCUT2D eigenvalue weighted by molar-refractivity contribution is -0.123. The lowest BCUT2D eigenvalue weighted by Gasteiger charge is -2.18. The van der Waals surface area contributed by atoms with Crippen LogP contribution in [0.2, 0.25) is 0 Å². The maximum Gasteiger partial charge on any atom is 0.229 e. The first-order valence-electron chi connectivity index (χ1n) is 9.15. The lowest BCUT2D eigenvalue weighted by atomic mass is 9.95. The number of hydrogen-bond acceptors (Lipinski definition) is 4.